The van der Waals surface area contributed by atoms with E-state index in [0.717, 1.165) is 77.0 Å². The van der Waals surface area contributed by atoms with E-state index in [9.17, 15) is 29.3 Å². The van der Waals surface area contributed by atoms with Crippen LogP contribution in [-0.2, 0) is 32.7 Å². The van der Waals surface area contributed by atoms with Crippen molar-refractivity contribution in [1.29, 1.82) is 0 Å². The van der Waals surface area contributed by atoms with E-state index in [4.69, 9.17) is 18.5 Å². The molecule has 58 heavy (non-hydrogen) atoms. The standard InChI is InChI=1S/C46H78NO10P/c1-6-8-10-12-14-16-18-20-21-22-24-26-28-30-32-36-45(50)54-40-42(41-56-58(52,53)55-39-38-47(3,4)5)57-46(51)37-33-35-44(49)43(48)34-31-29-27-25-23-19-17-15-13-11-9-7-2/h8-11,14-17,20-21,23,25,29,31,42-44,48-49H,6-7,12-13,18-19,22,24,26-28,30,32-41H2,1-5H3/p+1/b10-8-,11-9-,16-14-,17-15-,21-20-,25-23-,31-29-/t42-,43-,44-/m1/s1. The Morgan fingerprint density at radius 2 is 1.10 bits per heavy atom. The summed E-state index contributed by atoms with van der Waals surface area (Å²) < 4.78 is 34.0. The Balaban J connectivity index is 4.68. The predicted molar refractivity (Wildman–Crippen MR) is 236 cm³/mol. The molecule has 0 rings (SSSR count). The zero-order valence-corrected chi connectivity index (χ0v) is 37.4. The van der Waals surface area contributed by atoms with E-state index < -0.39 is 44.7 Å². The van der Waals surface area contributed by atoms with Crippen molar-refractivity contribution in [2.45, 2.75) is 148 Å². The van der Waals surface area contributed by atoms with Gasteiger partial charge >= 0.3 is 19.8 Å². The fourth-order valence-electron chi connectivity index (χ4n) is 5.17. The quantitative estimate of drug-likeness (QED) is 0.0182. The van der Waals surface area contributed by atoms with Crippen LogP contribution in [0.2, 0.25) is 0 Å². The molecular formula is C46H79NO10P+. The lowest BCUT2D eigenvalue weighted by Gasteiger charge is -2.24. The number of quaternary nitrogens is 1. The third-order valence-corrected chi connectivity index (χ3v) is 9.61. The van der Waals surface area contributed by atoms with Gasteiger partial charge in [-0.2, -0.15) is 0 Å². The highest BCUT2D eigenvalue weighted by atomic mass is 31.2. The molecule has 0 spiro atoms. The second kappa shape index (κ2) is 37.1. The van der Waals surface area contributed by atoms with Crippen LogP contribution in [0.25, 0.3) is 0 Å². The highest BCUT2D eigenvalue weighted by Crippen LogP contribution is 2.43. The molecule has 0 amide bonds. The Hall–Kier alpha value is -2.89. The minimum absolute atomic E-state index is 0.0289. The average Bonchev–Trinajstić information content (AvgIpc) is 3.17. The molecule has 0 saturated heterocycles. The van der Waals surface area contributed by atoms with Crippen molar-refractivity contribution in [3.8, 4) is 0 Å². The van der Waals surface area contributed by atoms with Crippen LogP contribution < -0.4 is 0 Å². The first-order valence-electron chi connectivity index (χ1n) is 21.5. The number of hydrogen-bond acceptors (Lipinski definition) is 9. The Bertz CT molecular complexity index is 1300. The van der Waals surface area contributed by atoms with Crippen LogP contribution in [0.1, 0.15) is 129 Å². The van der Waals surface area contributed by atoms with Gasteiger partial charge in [-0.1, -0.05) is 118 Å². The van der Waals surface area contributed by atoms with Crippen molar-refractivity contribution in [2.24, 2.45) is 0 Å². The smallest absolute Gasteiger partial charge is 0.462 e. The molecular weight excluding hydrogens is 757 g/mol. The first-order valence-corrected chi connectivity index (χ1v) is 23.0. The SMILES string of the molecule is CC/C=C\C/C=C\C/C=C\C/C=C\C[C@@H](O)[C@H](O)CCCC(=O)O[C@H](COC(=O)CCCCCCC/C=C\C/C=C\C/C=C\CC)COP(=O)(O)OCC[N+](C)(C)C. The van der Waals surface area contributed by atoms with Crippen LogP contribution in [0.4, 0.5) is 0 Å². The topological polar surface area (TPSA) is 149 Å². The number of aliphatic hydroxyl groups excluding tert-OH is 2. The van der Waals surface area contributed by atoms with E-state index in [2.05, 4.69) is 80.7 Å². The lowest BCUT2D eigenvalue weighted by Crippen LogP contribution is -2.37. The third kappa shape index (κ3) is 38.6. The van der Waals surface area contributed by atoms with Gasteiger partial charge in [0.05, 0.1) is 40.0 Å². The van der Waals surface area contributed by atoms with E-state index in [-0.39, 0.29) is 45.3 Å². The number of carbonyl (C=O) groups excluding carboxylic acids is 2. The molecule has 11 nitrogen and oxygen atoms in total. The fraction of sp³-hybridized carbons (Fsp3) is 0.652. The molecule has 4 atom stereocenters. The summed E-state index contributed by atoms with van der Waals surface area (Å²) in [4.78, 5) is 35.4. The maximum Gasteiger partial charge on any atom is 0.472 e. The van der Waals surface area contributed by atoms with Crippen LogP contribution in [0.15, 0.2) is 85.1 Å². The van der Waals surface area contributed by atoms with Gasteiger partial charge in [0, 0.05) is 12.8 Å². The summed E-state index contributed by atoms with van der Waals surface area (Å²) in [5.74, 6) is -1.12. The van der Waals surface area contributed by atoms with Crippen LogP contribution in [-0.4, -0.2) is 97.3 Å². The number of nitrogens with zero attached hydrogens (tertiary/aromatic N) is 1. The highest BCUT2D eigenvalue weighted by molar-refractivity contribution is 7.47. The van der Waals surface area contributed by atoms with Crippen molar-refractivity contribution in [2.75, 3.05) is 47.5 Å². The molecule has 0 aromatic heterocycles. The van der Waals surface area contributed by atoms with Gasteiger partial charge in [-0.3, -0.25) is 18.6 Å². The number of phosphoric ester groups is 1. The van der Waals surface area contributed by atoms with Gasteiger partial charge in [-0.25, -0.2) is 4.57 Å². The average molecular weight is 837 g/mol. The molecule has 0 aliphatic heterocycles. The summed E-state index contributed by atoms with van der Waals surface area (Å²) in [5.41, 5.74) is 0. The van der Waals surface area contributed by atoms with Crippen LogP contribution in [0, 0.1) is 0 Å². The molecule has 0 aliphatic carbocycles. The van der Waals surface area contributed by atoms with E-state index >= 15 is 0 Å². The number of aliphatic hydroxyl groups is 2. The number of hydrogen-bond donors (Lipinski definition) is 3. The Morgan fingerprint density at radius 3 is 1.67 bits per heavy atom. The molecule has 332 valence electrons. The molecule has 0 fully saturated rings. The second-order valence-electron chi connectivity index (χ2n) is 15.3. The summed E-state index contributed by atoms with van der Waals surface area (Å²) in [7, 11) is 1.27. The number of carbonyl (C=O) groups is 2. The van der Waals surface area contributed by atoms with Gasteiger partial charge < -0.3 is 29.1 Å². The zero-order chi connectivity index (χ0) is 43.2. The van der Waals surface area contributed by atoms with Crippen molar-refractivity contribution < 1.29 is 52.3 Å². The van der Waals surface area contributed by atoms with E-state index in [1.165, 1.54) is 0 Å². The Morgan fingerprint density at radius 1 is 0.603 bits per heavy atom. The number of ether oxygens (including phenoxy) is 2. The summed E-state index contributed by atoms with van der Waals surface area (Å²) >= 11 is 0. The summed E-state index contributed by atoms with van der Waals surface area (Å²) in [6.07, 6.45) is 39.5. The van der Waals surface area contributed by atoms with E-state index in [1.807, 2.05) is 39.4 Å². The summed E-state index contributed by atoms with van der Waals surface area (Å²) in [5, 5.41) is 20.8. The lowest BCUT2D eigenvalue weighted by atomic mass is 10.0. The minimum Gasteiger partial charge on any atom is -0.462 e. The molecule has 0 heterocycles. The zero-order valence-electron chi connectivity index (χ0n) is 36.5. The van der Waals surface area contributed by atoms with Crippen LogP contribution in [0.5, 0.6) is 0 Å². The Labute approximate surface area is 351 Å². The molecule has 1 unspecified atom stereocenters. The summed E-state index contributed by atoms with van der Waals surface area (Å²) in [6, 6.07) is 0. The Kier molecular flexibility index (Phi) is 35.3. The van der Waals surface area contributed by atoms with Gasteiger partial charge in [0.15, 0.2) is 6.10 Å². The third-order valence-electron chi connectivity index (χ3n) is 8.62. The number of phosphoric acid groups is 1. The monoisotopic (exact) mass is 837 g/mol. The predicted octanol–water partition coefficient (Wildman–Crippen LogP) is 9.96. The lowest BCUT2D eigenvalue weighted by molar-refractivity contribution is -0.870. The number of unbranched alkanes of at least 4 members (excludes halogenated alkanes) is 5. The first-order chi connectivity index (χ1) is 27.8. The van der Waals surface area contributed by atoms with Gasteiger partial charge in [0.1, 0.15) is 19.8 Å². The maximum atomic E-state index is 12.7. The molecule has 0 radical (unpaired) electrons. The normalized spacial score (nSPS) is 15.5. The molecule has 0 aromatic rings. The molecule has 12 heteroatoms. The molecule has 0 aromatic carbocycles. The van der Waals surface area contributed by atoms with Crippen molar-refractivity contribution in [1.82, 2.24) is 0 Å². The van der Waals surface area contributed by atoms with Crippen molar-refractivity contribution in [3.05, 3.63) is 85.1 Å². The molecule has 0 aliphatic rings. The van der Waals surface area contributed by atoms with Gasteiger partial charge in [0.25, 0.3) is 0 Å². The second-order valence-corrected chi connectivity index (χ2v) is 16.7. The van der Waals surface area contributed by atoms with Crippen molar-refractivity contribution >= 4 is 19.8 Å². The fourth-order valence-corrected chi connectivity index (χ4v) is 5.91. The number of likely N-dealkylation sites (N-methyl/N-ethyl adjacent to an activating group) is 1. The van der Waals surface area contributed by atoms with E-state index in [0.29, 0.717) is 17.4 Å². The number of allylic oxidation sites excluding steroid dienone is 13. The van der Waals surface area contributed by atoms with Gasteiger partial charge in [-0.15, -0.1) is 0 Å². The molecule has 3 N–H and O–H groups in total. The maximum absolute atomic E-state index is 12.7. The van der Waals surface area contributed by atoms with Gasteiger partial charge in [0.2, 0.25) is 0 Å². The molecule has 0 saturated carbocycles. The first kappa shape index (κ1) is 55.1. The summed E-state index contributed by atoms with van der Waals surface area (Å²) in [6.45, 7) is 3.80. The van der Waals surface area contributed by atoms with E-state index in [1.54, 1.807) is 0 Å². The van der Waals surface area contributed by atoms with Crippen LogP contribution in [0.3, 0.4) is 0 Å². The highest BCUT2D eigenvalue weighted by Gasteiger charge is 2.27. The van der Waals surface area contributed by atoms with Crippen molar-refractivity contribution in [3.63, 3.8) is 0 Å². The van der Waals surface area contributed by atoms with Crippen LogP contribution >= 0.6 is 7.82 Å². The largest absolute Gasteiger partial charge is 0.472 e. The van der Waals surface area contributed by atoms with Gasteiger partial charge in [-0.05, 0) is 83.5 Å². The number of rotatable bonds is 37. The number of esters is 2. The minimum atomic E-state index is -4.47. The molecule has 0 bridgehead atoms.